The van der Waals surface area contributed by atoms with E-state index >= 15 is 0 Å². The van der Waals surface area contributed by atoms with E-state index in [-0.39, 0.29) is 0 Å². The number of anilines is 1. The van der Waals surface area contributed by atoms with Crippen molar-refractivity contribution in [3.05, 3.63) is 42.1 Å². The SMILES string of the molecule is CN=C(N)/C=C\N(C=O)c1ccc(CCN2CCCCCC2)cc1. The van der Waals surface area contributed by atoms with E-state index in [0.717, 1.165) is 25.1 Å². The Kier molecular flexibility index (Phi) is 7.49. The minimum Gasteiger partial charge on any atom is -0.384 e. The Morgan fingerprint density at radius 3 is 2.46 bits per heavy atom. The predicted octanol–water partition coefficient (Wildman–Crippen LogP) is 2.57. The number of hydrogen-bond acceptors (Lipinski definition) is 3. The highest BCUT2D eigenvalue weighted by Crippen LogP contribution is 2.16. The predicted molar refractivity (Wildman–Crippen MR) is 100 cm³/mol. The van der Waals surface area contributed by atoms with E-state index in [4.69, 9.17) is 5.73 Å². The van der Waals surface area contributed by atoms with Gasteiger partial charge in [-0.1, -0.05) is 25.0 Å². The largest absolute Gasteiger partial charge is 0.384 e. The second-order valence-electron chi connectivity index (χ2n) is 6.15. The summed E-state index contributed by atoms with van der Waals surface area (Å²) in [7, 11) is 1.62. The summed E-state index contributed by atoms with van der Waals surface area (Å²) < 4.78 is 0. The van der Waals surface area contributed by atoms with Crippen molar-refractivity contribution in [1.82, 2.24) is 4.90 Å². The molecule has 130 valence electrons. The lowest BCUT2D eigenvalue weighted by Gasteiger charge is -2.19. The van der Waals surface area contributed by atoms with Gasteiger partial charge >= 0.3 is 0 Å². The van der Waals surface area contributed by atoms with Crippen LogP contribution in [0.25, 0.3) is 0 Å². The highest BCUT2D eigenvalue weighted by molar-refractivity contribution is 5.92. The van der Waals surface area contributed by atoms with Crippen LogP contribution in [0.4, 0.5) is 5.69 Å². The summed E-state index contributed by atoms with van der Waals surface area (Å²) in [6.45, 7) is 3.56. The van der Waals surface area contributed by atoms with Gasteiger partial charge in [0.25, 0.3) is 0 Å². The third kappa shape index (κ3) is 5.81. The number of carbonyl (C=O) groups excluding carboxylic acids is 1. The lowest BCUT2D eigenvalue weighted by Crippen LogP contribution is -2.26. The van der Waals surface area contributed by atoms with E-state index in [0.29, 0.717) is 5.84 Å². The van der Waals surface area contributed by atoms with Gasteiger partial charge in [-0.15, -0.1) is 0 Å². The molecule has 0 bridgehead atoms. The molecule has 0 unspecified atom stereocenters. The Morgan fingerprint density at radius 1 is 1.21 bits per heavy atom. The molecule has 0 aliphatic carbocycles. The Hall–Kier alpha value is -2.14. The lowest BCUT2D eigenvalue weighted by molar-refractivity contribution is -0.106. The van der Waals surface area contributed by atoms with E-state index in [1.54, 1.807) is 19.3 Å². The molecule has 0 aromatic heterocycles. The molecule has 1 amide bonds. The quantitative estimate of drug-likeness (QED) is 0.475. The van der Waals surface area contributed by atoms with Crippen LogP contribution in [0.2, 0.25) is 0 Å². The molecular weight excluding hydrogens is 300 g/mol. The summed E-state index contributed by atoms with van der Waals surface area (Å²) in [6, 6.07) is 8.12. The van der Waals surface area contributed by atoms with E-state index in [9.17, 15) is 4.79 Å². The fraction of sp³-hybridized carbons (Fsp3) is 0.474. The standard InChI is InChI=1S/C19H28N4O/c1-21-19(20)11-15-23(16-24)18-8-6-17(7-9-18)10-14-22-12-4-2-3-5-13-22/h6-9,11,15-16H,2-5,10,12-14H2,1H3,(H2,20,21)/b15-11-. The van der Waals surface area contributed by atoms with E-state index in [1.807, 2.05) is 12.1 Å². The van der Waals surface area contributed by atoms with Gasteiger partial charge in [0.2, 0.25) is 6.41 Å². The van der Waals surface area contributed by atoms with Crippen LogP contribution in [-0.2, 0) is 11.2 Å². The van der Waals surface area contributed by atoms with Gasteiger partial charge in [0.1, 0.15) is 5.84 Å². The Balaban J connectivity index is 1.91. The van der Waals surface area contributed by atoms with Gasteiger partial charge in [0.15, 0.2) is 0 Å². The molecule has 1 saturated heterocycles. The highest BCUT2D eigenvalue weighted by Gasteiger charge is 2.09. The van der Waals surface area contributed by atoms with Crippen LogP contribution in [-0.4, -0.2) is 43.8 Å². The van der Waals surface area contributed by atoms with Gasteiger partial charge in [-0.25, -0.2) is 0 Å². The summed E-state index contributed by atoms with van der Waals surface area (Å²) in [5.74, 6) is 0.385. The van der Waals surface area contributed by atoms with Crippen molar-refractivity contribution in [1.29, 1.82) is 0 Å². The van der Waals surface area contributed by atoms with Crippen LogP contribution in [0.5, 0.6) is 0 Å². The van der Waals surface area contributed by atoms with Crippen molar-refractivity contribution in [2.75, 3.05) is 31.6 Å². The van der Waals surface area contributed by atoms with Gasteiger partial charge in [-0.3, -0.25) is 14.7 Å². The smallest absolute Gasteiger partial charge is 0.218 e. The number of nitrogens with zero attached hydrogens (tertiary/aromatic N) is 3. The molecule has 1 fully saturated rings. The normalized spacial score (nSPS) is 17.0. The van der Waals surface area contributed by atoms with E-state index in [1.165, 1.54) is 49.2 Å². The van der Waals surface area contributed by atoms with E-state index in [2.05, 4.69) is 22.0 Å². The Labute approximate surface area is 144 Å². The number of nitrogens with two attached hydrogens (primary N) is 1. The molecule has 5 heteroatoms. The fourth-order valence-corrected chi connectivity index (χ4v) is 2.90. The summed E-state index contributed by atoms with van der Waals surface area (Å²) in [5.41, 5.74) is 7.74. The molecule has 24 heavy (non-hydrogen) atoms. The number of likely N-dealkylation sites (tertiary alicyclic amines) is 1. The van der Waals surface area contributed by atoms with Gasteiger partial charge in [-0.05, 0) is 56.1 Å². The topological polar surface area (TPSA) is 61.9 Å². The number of hydrogen-bond donors (Lipinski definition) is 1. The molecule has 1 heterocycles. The molecule has 2 N–H and O–H groups in total. The third-order valence-corrected chi connectivity index (χ3v) is 4.43. The first-order chi connectivity index (χ1) is 11.7. The number of benzene rings is 1. The first-order valence-electron chi connectivity index (χ1n) is 8.68. The third-order valence-electron chi connectivity index (χ3n) is 4.43. The number of amidine groups is 1. The van der Waals surface area contributed by atoms with Gasteiger partial charge in [0, 0.05) is 25.5 Å². The van der Waals surface area contributed by atoms with Gasteiger partial charge < -0.3 is 10.6 Å². The van der Waals surface area contributed by atoms with Crippen molar-refractivity contribution in [2.24, 2.45) is 10.7 Å². The molecule has 0 atom stereocenters. The van der Waals surface area contributed by atoms with Crippen molar-refractivity contribution < 1.29 is 4.79 Å². The first kappa shape index (κ1) is 18.2. The summed E-state index contributed by atoms with van der Waals surface area (Å²) in [5, 5.41) is 0. The zero-order valence-electron chi connectivity index (χ0n) is 14.5. The van der Waals surface area contributed by atoms with Crippen LogP contribution in [0.3, 0.4) is 0 Å². The molecule has 0 saturated carbocycles. The zero-order valence-corrected chi connectivity index (χ0v) is 14.5. The maximum absolute atomic E-state index is 11.2. The van der Waals surface area contributed by atoms with Crippen molar-refractivity contribution in [3.8, 4) is 0 Å². The summed E-state index contributed by atoms with van der Waals surface area (Å²) in [4.78, 5) is 19.1. The van der Waals surface area contributed by atoms with Crippen LogP contribution >= 0.6 is 0 Å². The number of carbonyl (C=O) groups is 1. The minimum atomic E-state index is 0.385. The molecule has 1 aliphatic rings. The minimum absolute atomic E-state index is 0.385. The number of rotatable bonds is 7. The first-order valence-corrected chi connectivity index (χ1v) is 8.68. The van der Waals surface area contributed by atoms with Gasteiger partial charge in [-0.2, -0.15) is 0 Å². The van der Waals surface area contributed by atoms with E-state index < -0.39 is 0 Å². The molecule has 0 spiro atoms. The van der Waals surface area contributed by atoms with Crippen LogP contribution in [0.1, 0.15) is 31.2 Å². The van der Waals surface area contributed by atoms with Crippen molar-refractivity contribution >= 4 is 17.9 Å². The van der Waals surface area contributed by atoms with Crippen molar-refractivity contribution in [3.63, 3.8) is 0 Å². The highest BCUT2D eigenvalue weighted by atomic mass is 16.1. The van der Waals surface area contributed by atoms with Crippen molar-refractivity contribution in [2.45, 2.75) is 32.1 Å². The Bertz CT molecular complexity index is 557. The second kappa shape index (κ2) is 9.88. The molecule has 5 nitrogen and oxygen atoms in total. The molecule has 1 aromatic rings. The fourth-order valence-electron chi connectivity index (χ4n) is 2.90. The van der Waals surface area contributed by atoms with Crippen LogP contribution in [0, 0.1) is 0 Å². The zero-order chi connectivity index (χ0) is 17.2. The second-order valence-corrected chi connectivity index (χ2v) is 6.15. The number of amides is 1. The lowest BCUT2D eigenvalue weighted by atomic mass is 10.1. The average Bonchev–Trinajstić information content (AvgIpc) is 2.90. The molecular formula is C19H28N4O. The average molecular weight is 328 g/mol. The molecule has 2 rings (SSSR count). The summed E-state index contributed by atoms with van der Waals surface area (Å²) >= 11 is 0. The molecule has 0 radical (unpaired) electrons. The van der Waals surface area contributed by atoms with Crippen LogP contribution in [0.15, 0.2) is 41.5 Å². The van der Waals surface area contributed by atoms with Gasteiger partial charge in [0.05, 0.1) is 0 Å². The monoisotopic (exact) mass is 328 g/mol. The molecule has 1 aromatic carbocycles. The summed E-state index contributed by atoms with van der Waals surface area (Å²) in [6.07, 6.45) is 10.4. The molecule has 1 aliphatic heterocycles. The maximum Gasteiger partial charge on any atom is 0.218 e. The number of aliphatic imine (C=N–C) groups is 1. The Morgan fingerprint density at radius 2 is 1.88 bits per heavy atom. The van der Waals surface area contributed by atoms with Crippen LogP contribution < -0.4 is 10.6 Å². The maximum atomic E-state index is 11.2.